The lowest BCUT2D eigenvalue weighted by Gasteiger charge is -2.37. The molecule has 1 aliphatic carbocycles. The number of hydrogen-bond acceptors (Lipinski definition) is 8. The minimum absolute atomic E-state index is 0.0202. The van der Waals surface area contributed by atoms with Crippen LogP contribution in [0, 0.1) is 6.92 Å². The van der Waals surface area contributed by atoms with Crippen molar-refractivity contribution in [2.24, 2.45) is 0 Å². The summed E-state index contributed by atoms with van der Waals surface area (Å²) in [6.45, 7) is 6.34. The monoisotopic (exact) mass is 567 g/mol. The van der Waals surface area contributed by atoms with E-state index in [0.717, 1.165) is 10.1 Å². The Morgan fingerprint density at radius 1 is 1.15 bits per heavy atom. The molecule has 0 unspecified atom stereocenters. The second kappa shape index (κ2) is 10.5. The third-order valence-corrected chi connectivity index (χ3v) is 9.14. The number of benzene rings is 1. The Morgan fingerprint density at radius 2 is 1.82 bits per heavy atom. The normalized spacial score (nSPS) is 19.5. The maximum Gasteiger partial charge on any atom is 0.333 e. The van der Waals surface area contributed by atoms with Crippen molar-refractivity contribution in [3.05, 3.63) is 74.8 Å². The van der Waals surface area contributed by atoms with Gasteiger partial charge in [-0.2, -0.15) is 0 Å². The first-order valence-corrected chi connectivity index (χ1v) is 14.1. The molecule has 1 fully saturated rings. The summed E-state index contributed by atoms with van der Waals surface area (Å²) in [5.74, 6) is -0.995. The minimum Gasteiger partial charge on any atom is -0.480 e. The topological polar surface area (TPSA) is 137 Å². The van der Waals surface area contributed by atoms with Gasteiger partial charge < -0.3 is 19.4 Å². The Balaban J connectivity index is 1.75. The maximum absolute atomic E-state index is 14.1. The fourth-order valence-corrected chi connectivity index (χ4v) is 6.67. The third-order valence-electron chi connectivity index (χ3n) is 7.84. The second-order valence-corrected chi connectivity index (χ2v) is 12.1. The molecule has 40 heavy (non-hydrogen) atoms. The molecule has 0 amide bonds. The van der Waals surface area contributed by atoms with Gasteiger partial charge in [0.1, 0.15) is 22.2 Å². The van der Waals surface area contributed by atoms with Gasteiger partial charge in [-0.05, 0) is 64.5 Å². The van der Waals surface area contributed by atoms with Crippen molar-refractivity contribution >= 4 is 27.5 Å². The Bertz CT molecular complexity index is 1640. The van der Waals surface area contributed by atoms with Crippen LogP contribution in [0.5, 0.6) is 0 Å². The van der Waals surface area contributed by atoms with Crippen LogP contribution in [0.15, 0.2) is 56.8 Å². The van der Waals surface area contributed by atoms with Crippen LogP contribution in [0.3, 0.4) is 0 Å². The van der Waals surface area contributed by atoms with Crippen LogP contribution in [-0.2, 0) is 27.2 Å². The number of thiophene rings is 1. The van der Waals surface area contributed by atoms with E-state index in [4.69, 9.17) is 9.15 Å². The number of carboxylic acids is 1. The molecule has 0 saturated heterocycles. The molecule has 11 heteroatoms. The largest absolute Gasteiger partial charge is 0.480 e. The number of hydrogen-bond donors (Lipinski definition) is 2. The highest BCUT2D eigenvalue weighted by molar-refractivity contribution is 7.22. The van der Waals surface area contributed by atoms with Gasteiger partial charge in [0, 0.05) is 0 Å². The SMILES string of the molecule is Cc1c(-c2ncco2)sc2c1c(=O)n(C(C)(C)C(=O)O)c(=O)n2C[C@@](C)(OC1CCC(O)CC1)c1ccccc1. The molecule has 2 N–H and O–H groups in total. The number of aliphatic hydroxyl groups excluding tert-OH is 1. The van der Waals surface area contributed by atoms with Crippen molar-refractivity contribution in [2.45, 2.75) is 83.3 Å². The molecular weight excluding hydrogens is 534 g/mol. The molecule has 10 nitrogen and oxygen atoms in total. The minimum atomic E-state index is -1.81. The molecule has 3 aromatic heterocycles. The summed E-state index contributed by atoms with van der Waals surface area (Å²) in [6.07, 6.45) is 5.03. The summed E-state index contributed by atoms with van der Waals surface area (Å²) in [5, 5.41) is 20.3. The van der Waals surface area contributed by atoms with Gasteiger partial charge in [0.2, 0.25) is 5.89 Å². The van der Waals surface area contributed by atoms with Crippen LogP contribution in [0.25, 0.3) is 21.0 Å². The van der Waals surface area contributed by atoms with E-state index in [0.29, 0.717) is 46.8 Å². The summed E-state index contributed by atoms with van der Waals surface area (Å²) in [6, 6.07) is 9.53. The van der Waals surface area contributed by atoms with Crippen molar-refractivity contribution in [3.8, 4) is 10.8 Å². The number of aromatic nitrogens is 3. The number of rotatable bonds is 8. The molecule has 1 aromatic carbocycles. The Kier molecular flexibility index (Phi) is 7.32. The van der Waals surface area contributed by atoms with Gasteiger partial charge in [-0.25, -0.2) is 19.1 Å². The van der Waals surface area contributed by atoms with Crippen LogP contribution >= 0.6 is 11.3 Å². The predicted molar refractivity (Wildman–Crippen MR) is 151 cm³/mol. The molecule has 1 saturated carbocycles. The number of nitrogens with zero attached hydrogens (tertiary/aromatic N) is 3. The smallest absolute Gasteiger partial charge is 0.333 e. The summed E-state index contributed by atoms with van der Waals surface area (Å²) < 4.78 is 14.5. The van der Waals surface area contributed by atoms with Crippen molar-refractivity contribution in [1.29, 1.82) is 0 Å². The zero-order valence-corrected chi connectivity index (χ0v) is 23.7. The average Bonchev–Trinajstić information content (AvgIpc) is 3.56. The van der Waals surface area contributed by atoms with Gasteiger partial charge in [-0.1, -0.05) is 30.3 Å². The maximum atomic E-state index is 14.1. The predicted octanol–water partition coefficient (Wildman–Crippen LogP) is 4.24. The van der Waals surface area contributed by atoms with Crippen LogP contribution in [0.2, 0.25) is 0 Å². The van der Waals surface area contributed by atoms with Gasteiger partial charge in [-0.15, -0.1) is 11.3 Å². The zero-order chi connectivity index (χ0) is 28.8. The van der Waals surface area contributed by atoms with E-state index in [2.05, 4.69) is 4.98 Å². The lowest BCUT2D eigenvalue weighted by atomic mass is 9.91. The molecular formula is C29H33N3O7S. The Hall–Kier alpha value is -3.54. The first-order chi connectivity index (χ1) is 18.9. The van der Waals surface area contributed by atoms with E-state index in [1.165, 1.54) is 42.2 Å². The number of oxazole rings is 1. The summed E-state index contributed by atoms with van der Waals surface area (Å²) in [7, 11) is 0. The molecule has 4 aromatic rings. The van der Waals surface area contributed by atoms with Gasteiger partial charge >= 0.3 is 11.7 Å². The molecule has 5 rings (SSSR count). The third kappa shape index (κ3) is 4.82. The van der Waals surface area contributed by atoms with Gasteiger partial charge in [0.15, 0.2) is 0 Å². The fraction of sp³-hybridized carbons (Fsp3) is 0.448. The van der Waals surface area contributed by atoms with Crippen molar-refractivity contribution < 1.29 is 24.2 Å². The first-order valence-electron chi connectivity index (χ1n) is 13.3. The quantitative estimate of drug-likeness (QED) is 0.323. The Labute approximate surface area is 234 Å². The molecule has 3 heterocycles. The van der Waals surface area contributed by atoms with Gasteiger partial charge in [-0.3, -0.25) is 9.36 Å². The average molecular weight is 568 g/mol. The number of fused-ring (bicyclic) bond motifs is 1. The van der Waals surface area contributed by atoms with Crippen LogP contribution in [0.4, 0.5) is 0 Å². The number of aliphatic carboxylic acids is 1. The van der Waals surface area contributed by atoms with Crippen LogP contribution in [0.1, 0.15) is 57.6 Å². The lowest BCUT2D eigenvalue weighted by molar-refractivity contribution is -0.146. The highest BCUT2D eigenvalue weighted by Gasteiger charge is 2.39. The van der Waals surface area contributed by atoms with Gasteiger partial charge in [0.25, 0.3) is 5.56 Å². The van der Waals surface area contributed by atoms with E-state index >= 15 is 0 Å². The molecule has 0 bridgehead atoms. The number of ether oxygens (including phenoxy) is 1. The van der Waals surface area contributed by atoms with E-state index < -0.39 is 28.4 Å². The molecule has 0 spiro atoms. The molecule has 0 radical (unpaired) electrons. The number of carbonyl (C=O) groups is 1. The highest BCUT2D eigenvalue weighted by Crippen LogP contribution is 2.38. The highest BCUT2D eigenvalue weighted by atomic mass is 32.1. The number of aliphatic hydroxyl groups is 1. The Morgan fingerprint density at radius 3 is 2.42 bits per heavy atom. The summed E-state index contributed by atoms with van der Waals surface area (Å²) in [4.78, 5) is 45.5. The van der Waals surface area contributed by atoms with Crippen molar-refractivity contribution in [3.63, 3.8) is 0 Å². The number of aryl methyl sites for hydroxylation is 1. The standard InChI is InChI=1S/C29H33N3O7S/c1-17-21-24(34)32(28(2,3)26(35)36)27(37)31(25(21)40-22(17)23-30-14-15-38-23)16-29(4,18-8-6-5-7-9-18)39-20-12-10-19(33)11-13-20/h5-9,14-15,19-20,33H,10-13,16H2,1-4H3,(H,35,36)/t19?,20?,29-/m1/s1. The molecule has 0 aliphatic heterocycles. The van der Waals surface area contributed by atoms with E-state index in [1.54, 1.807) is 6.92 Å². The fourth-order valence-electron chi connectivity index (χ4n) is 5.43. The van der Waals surface area contributed by atoms with Crippen molar-refractivity contribution in [1.82, 2.24) is 14.1 Å². The summed E-state index contributed by atoms with van der Waals surface area (Å²) >= 11 is 1.20. The van der Waals surface area contributed by atoms with E-state index in [1.807, 2.05) is 37.3 Å². The van der Waals surface area contributed by atoms with E-state index in [9.17, 15) is 24.6 Å². The zero-order valence-electron chi connectivity index (χ0n) is 22.9. The lowest BCUT2D eigenvalue weighted by Crippen LogP contribution is -2.53. The number of carboxylic acid groups (broad SMARTS) is 1. The molecule has 1 aliphatic rings. The second-order valence-electron chi connectivity index (χ2n) is 11.1. The van der Waals surface area contributed by atoms with Crippen LogP contribution in [-0.4, -0.2) is 42.5 Å². The van der Waals surface area contributed by atoms with E-state index in [-0.39, 0.29) is 24.1 Å². The van der Waals surface area contributed by atoms with Gasteiger partial charge in [0.05, 0.1) is 35.2 Å². The summed E-state index contributed by atoms with van der Waals surface area (Å²) in [5.41, 5.74) is -2.86. The molecule has 212 valence electrons. The van der Waals surface area contributed by atoms with Crippen molar-refractivity contribution in [2.75, 3.05) is 0 Å². The molecule has 1 atom stereocenters. The first kappa shape index (κ1) is 28.0. The van der Waals surface area contributed by atoms with Crippen LogP contribution < -0.4 is 11.2 Å².